The molecule has 0 aliphatic carbocycles. The molecule has 1 aliphatic rings. The number of hydrogen-bond donors (Lipinski definition) is 1. The van der Waals surface area contributed by atoms with E-state index in [-0.39, 0.29) is 6.73 Å². The lowest BCUT2D eigenvalue weighted by Crippen LogP contribution is -2.26. The van der Waals surface area contributed by atoms with Crippen LogP contribution < -0.4 is 0 Å². The number of nitrogens with zero attached hydrogens (tertiary/aromatic N) is 2. The van der Waals surface area contributed by atoms with Crippen LogP contribution in [0, 0.1) is 0 Å². The zero-order chi connectivity index (χ0) is 18.0. The second kappa shape index (κ2) is 17.3. The van der Waals surface area contributed by atoms with Gasteiger partial charge in [0.2, 0.25) is 0 Å². The molecule has 3 nitrogen and oxygen atoms in total. The molecule has 1 saturated heterocycles. The Kier molecular flexibility index (Phi) is 15.9. The van der Waals surface area contributed by atoms with Crippen LogP contribution in [0.15, 0.2) is 0 Å². The molecule has 0 spiro atoms. The molecule has 1 fully saturated rings. The van der Waals surface area contributed by atoms with E-state index >= 15 is 0 Å². The molecule has 0 aromatic heterocycles. The minimum absolute atomic E-state index is 0.218. The van der Waals surface area contributed by atoms with E-state index in [9.17, 15) is 0 Å². The summed E-state index contributed by atoms with van der Waals surface area (Å²) in [4.78, 5) is 4.58. The number of rotatable bonds is 18. The molecule has 1 N–H and O–H groups in total. The first-order valence-electron chi connectivity index (χ1n) is 11.4. The fourth-order valence-corrected chi connectivity index (χ4v) is 3.89. The highest BCUT2D eigenvalue weighted by Crippen LogP contribution is 2.14. The average molecular weight is 355 g/mol. The van der Waals surface area contributed by atoms with E-state index in [0.29, 0.717) is 0 Å². The van der Waals surface area contributed by atoms with Crippen molar-refractivity contribution in [3.8, 4) is 0 Å². The third-order valence-corrected chi connectivity index (χ3v) is 5.66. The molecule has 0 atom stereocenters. The van der Waals surface area contributed by atoms with Gasteiger partial charge in [-0.05, 0) is 13.0 Å². The second-order valence-corrected chi connectivity index (χ2v) is 8.10. The van der Waals surface area contributed by atoms with Gasteiger partial charge < -0.3 is 5.11 Å². The number of hydrogen-bond acceptors (Lipinski definition) is 3. The van der Waals surface area contributed by atoms with E-state index in [1.165, 1.54) is 109 Å². The quantitative estimate of drug-likeness (QED) is 0.316. The zero-order valence-electron chi connectivity index (χ0n) is 17.2. The van der Waals surface area contributed by atoms with Gasteiger partial charge in [-0.25, -0.2) is 0 Å². The lowest BCUT2D eigenvalue weighted by Gasteiger charge is -2.15. The molecule has 0 unspecified atom stereocenters. The van der Waals surface area contributed by atoms with Gasteiger partial charge in [-0.3, -0.25) is 9.80 Å². The standard InChI is InChI=1S/C22H46N2O/c1-2-3-4-5-6-7-8-9-10-11-12-13-14-15-16-17-18-23-19-20-24(21-23)22-25/h25H,2-22H2,1H3. The van der Waals surface area contributed by atoms with Crippen molar-refractivity contribution >= 4 is 0 Å². The normalized spacial score (nSPS) is 16.1. The molecule has 0 aromatic carbocycles. The largest absolute Gasteiger partial charge is 0.381 e. The van der Waals surface area contributed by atoms with E-state index < -0.39 is 0 Å². The summed E-state index contributed by atoms with van der Waals surface area (Å²) in [6.07, 6.45) is 23.0. The Morgan fingerprint density at radius 2 is 0.960 bits per heavy atom. The number of aliphatic hydroxyl groups is 1. The van der Waals surface area contributed by atoms with E-state index in [1.807, 2.05) is 0 Å². The van der Waals surface area contributed by atoms with Crippen LogP contribution in [0.1, 0.15) is 110 Å². The van der Waals surface area contributed by atoms with Gasteiger partial charge in [0.15, 0.2) is 0 Å². The summed E-state index contributed by atoms with van der Waals surface area (Å²) >= 11 is 0. The van der Waals surface area contributed by atoms with Crippen molar-refractivity contribution in [3.63, 3.8) is 0 Å². The fourth-order valence-electron chi connectivity index (χ4n) is 3.89. The highest BCUT2D eigenvalue weighted by molar-refractivity contribution is 4.68. The third kappa shape index (κ3) is 13.7. The molecule has 1 heterocycles. The Morgan fingerprint density at radius 3 is 1.36 bits per heavy atom. The molecule has 0 aromatic rings. The predicted molar refractivity (Wildman–Crippen MR) is 110 cm³/mol. The lowest BCUT2D eigenvalue weighted by molar-refractivity contribution is 0.111. The summed E-state index contributed by atoms with van der Waals surface area (Å²) < 4.78 is 0. The monoisotopic (exact) mass is 354 g/mol. The topological polar surface area (TPSA) is 26.7 Å². The van der Waals surface area contributed by atoms with E-state index in [1.54, 1.807) is 0 Å². The van der Waals surface area contributed by atoms with Crippen molar-refractivity contribution in [2.75, 3.05) is 33.0 Å². The van der Waals surface area contributed by atoms with E-state index in [4.69, 9.17) is 5.11 Å². The molecule has 1 aliphatic heterocycles. The summed E-state index contributed by atoms with van der Waals surface area (Å²) in [6, 6.07) is 0. The summed E-state index contributed by atoms with van der Waals surface area (Å²) in [7, 11) is 0. The minimum atomic E-state index is 0.218. The van der Waals surface area contributed by atoms with Crippen LogP contribution in [-0.4, -0.2) is 47.9 Å². The van der Waals surface area contributed by atoms with Crippen LogP contribution in [0.4, 0.5) is 0 Å². The zero-order valence-corrected chi connectivity index (χ0v) is 17.2. The fraction of sp³-hybridized carbons (Fsp3) is 1.00. The average Bonchev–Trinajstić information content (AvgIpc) is 3.09. The van der Waals surface area contributed by atoms with Gasteiger partial charge in [-0.1, -0.05) is 103 Å². The van der Waals surface area contributed by atoms with Crippen molar-refractivity contribution in [1.29, 1.82) is 0 Å². The van der Waals surface area contributed by atoms with Crippen LogP contribution in [-0.2, 0) is 0 Å². The van der Waals surface area contributed by atoms with Crippen molar-refractivity contribution in [3.05, 3.63) is 0 Å². The molecular formula is C22H46N2O. The van der Waals surface area contributed by atoms with Crippen molar-refractivity contribution < 1.29 is 5.11 Å². The summed E-state index contributed by atoms with van der Waals surface area (Å²) in [5.74, 6) is 0. The molecule has 3 heteroatoms. The Balaban J connectivity index is 1.68. The first kappa shape index (κ1) is 22.9. The molecular weight excluding hydrogens is 308 g/mol. The first-order chi connectivity index (χ1) is 12.4. The SMILES string of the molecule is CCCCCCCCCCCCCCCCCCN1CCN(CO)C1. The van der Waals surface area contributed by atoms with Gasteiger partial charge in [-0.2, -0.15) is 0 Å². The van der Waals surface area contributed by atoms with Crippen LogP contribution in [0.3, 0.4) is 0 Å². The predicted octanol–water partition coefficient (Wildman–Crippen LogP) is 5.77. The van der Waals surface area contributed by atoms with Crippen LogP contribution in [0.25, 0.3) is 0 Å². The molecule has 0 radical (unpaired) electrons. The number of aliphatic hydroxyl groups excluding tert-OH is 1. The maximum atomic E-state index is 9.10. The highest BCUT2D eigenvalue weighted by atomic mass is 16.3. The van der Waals surface area contributed by atoms with Crippen LogP contribution in [0.5, 0.6) is 0 Å². The molecule has 1 rings (SSSR count). The Bertz CT molecular complexity index is 273. The Labute approximate surface area is 158 Å². The molecule has 0 amide bonds. The van der Waals surface area contributed by atoms with Gasteiger partial charge in [0.1, 0.15) is 0 Å². The van der Waals surface area contributed by atoms with Gasteiger partial charge in [0.25, 0.3) is 0 Å². The number of unbranched alkanes of at least 4 members (excludes halogenated alkanes) is 15. The molecule has 0 bridgehead atoms. The van der Waals surface area contributed by atoms with Gasteiger partial charge >= 0.3 is 0 Å². The van der Waals surface area contributed by atoms with Gasteiger partial charge in [0, 0.05) is 13.1 Å². The van der Waals surface area contributed by atoms with Gasteiger partial charge in [-0.15, -0.1) is 0 Å². The molecule has 0 saturated carbocycles. The summed E-state index contributed by atoms with van der Waals surface area (Å²) in [5, 5.41) is 9.10. The van der Waals surface area contributed by atoms with Crippen molar-refractivity contribution in [2.24, 2.45) is 0 Å². The van der Waals surface area contributed by atoms with E-state index in [2.05, 4.69) is 16.7 Å². The Morgan fingerprint density at radius 1 is 0.560 bits per heavy atom. The first-order valence-corrected chi connectivity index (χ1v) is 11.4. The highest BCUT2D eigenvalue weighted by Gasteiger charge is 2.17. The molecule has 25 heavy (non-hydrogen) atoms. The maximum absolute atomic E-state index is 9.10. The second-order valence-electron chi connectivity index (χ2n) is 8.10. The smallest absolute Gasteiger partial charge is 0.0967 e. The molecule has 150 valence electrons. The van der Waals surface area contributed by atoms with Crippen LogP contribution >= 0.6 is 0 Å². The van der Waals surface area contributed by atoms with E-state index in [0.717, 1.165) is 19.8 Å². The summed E-state index contributed by atoms with van der Waals surface area (Å²) in [6.45, 7) is 6.87. The Hall–Kier alpha value is -0.120. The van der Waals surface area contributed by atoms with Crippen molar-refractivity contribution in [1.82, 2.24) is 9.80 Å². The minimum Gasteiger partial charge on any atom is -0.381 e. The van der Waals surface area contributed by atoms with Gasteiger partial charge in [0.05, 0.1) is 13.4 Å². The summed E-state index contributed by atoms with van der Waals surface area (Å²) in [5.41, 5.74) is 0. The van der Waals surface area contributed by atoms with Crippen molar-refractivity contribution in [2.45, 2.75) is 110 Å². The maximum Gasteiger partial charge on any atom is 0.0967 e. The van der Waals surface area contributed by atoms with Crippen LogP contribution in [0.2, 0.25) is 0 Å². The third-order valence-electron chi connectivity index (χ3n) is 5.66. The lowest BCUT2D eigenvalue weighted by atomic mass is 10.0.